The zero-order valence-corrected chi connectivity index (χ0v) is 20.4. The molecular weight excluding hydrogens is 450 g/mol. The Morgan fingerprint density at radius 2 is 1.94 bits per heavy atom. The second kappa shape index (κ2) is 9.84. The number of nitrogens with zero attached hydrogens (tertiary/aromatic N) is 2. The third kappa shape index (κ3) is 5.00. The first-order valence-corrected chi connectivity index (χ1v) is 12.5. The summed E-state index contributed by atoms with van der Waals surface area (Å²) in [5.41, 5.74) is 4.51. The van der Waals surface area contributed by atoms with E-state index >= 15 is 0 Å². The lowest BCUT2D eigenvalue weighted by atomic mass is 9.75. The molecule has 1 saturated carbocycles. The standard InChI is InChI=1S/C26H32ClN5O2/c1-26(9-3-2-4-10-26)24(33)28-17-18-5-7-20(27)22(15-18)30-25-29-21-8-6-19(16-23(21)31-25)32-11-13-34-14-12-32/h5-8,15-16H,2-4,9-14,17H2,1H3,(H,28,33)(H2,29,30,31). The fraction of sp³-hybridized carbons (Fsp3) is 0.462. The number of fused-ring (bicyclic) bond motifs is 1. The monoisotopic (exact) mass is 481 g/mol. The quantitative estimate of drug-likeness (QED) is 0.440. The number of ether oxygens (including phenoxy) is 1. The largest absolute Gasteiger partial charge is 0.378 e. The minimum Gasteiger partial charge on any atom is -0.378 e. The Morgan fingerprint density at radius 1 is 1.15 bits per heavy atom. The van der Waals surface area contributed by atoms with Gasteiger partial charge in [-0.25, -0.2) is 4.98 Å². The predicted molar refractivity (Wildman–Crippen MR) is 137 cm³/mol. The molecule has 0 bridgehead atoms. The number of carbonyl (C=O) groups excluding carboxylic acids is 1. The zero-order chi connectivity index (χ0) is 23.5. The molecule has 2 fully saturated rings. The number of rotatable bonds is 6. The van der Waals surface area contributed by atoms with E-state index in [9.17, 15) is 4.79 Å². The number of aromatic amines is 1. The molecule has 0 atom stereocenters. The first-order chi connectivity index (χ1) is 16.5. The van der Waals surface area contributed by atoms with Crippen molar-refractivity contribution in [3.63, 3.8) is 0 Å². The maximum atomic E-state index is 12.8. The number of morpholine rings is 1. The highest BCUT2D eigenvalue weighted by Gasteiger charge is 2.34. The Balaban J connectivity index is 1.27. The summed E-state index contributed by atoms with van der Waals surface area (Å²) in [6.45, 7) is 5.85. The number of imidazole rings is 1. The van der Waals surface area contributed by atoms with Crippen molar-refractivity contribution in [3.8, 4) is 0 Å². The van der Waals surface area contributed by atoms with E-state index in [1.807, 2.05) is 24.3 Å². The van der Waals surface area contributed by atoms with E-state index in [4.69, 9.17) is 16.3 Å². The van der Waals surface area contributed by atoms with Crippen LogP contribution in [-0.2, 0) is 16.1 Å². The van der Waals surface area contributed by atoms with Crippen LogP contribution in [0.5, 0.6) is 0 Å². The number of hydrogen-bond acceptors (Lipinski definition) is 5. The molecule has 0 spiro atoms. The number of amides is 1. The third-order valence-corrected chi connectivity index (χ3v) is 7.41. The van der Waals surface area contributed by atoms with Gasteiger partial charge in [0.05, 0.1) is 35.0 Å². The molecule has 34 heavy (non-hydrogen) atoms. The molecule has 1 aliphatic heterocycles. The SMILES string of the molecule is CC1(C(=O)NCc2ccc(Cl)c(Nc3nc4ccc(N5CCOCC5)cc4[nH]3)c2)CCCCC1. The number of anilines is 3. The molecule has 2 heterocycles. The molecule has 180 valence electrons. The van der Waals surface area contributed by atoms with E-state index in [1.54, 1.807) is 0 Å². The first-order valence-electron chi connectivity index (χ1n) is 12.2. The summed E-state index contributed by atoms with van der Waals surface area (Å²) in [4.78, 5) is 23.1. The maximum absolute atomic E-state index is 12.8. The predicted octanol–water partition coefficient (Wildman–Crippen LogP) is 5.38. The molecule has 1 saturated heterocycles. The third-order valence-electron chi connectivity index (χ3n) is 7.08. The lowest BCUT2D eigenvalue weighted by molar-refractivity contribution is -0.132. The van der Waals surface area contributed by atoms with Crippen molar-refractivity contribution >= 4 is 45.9 Å². The summed E-state index contributed by atoms with van der Waals surface area (Å²) in [5, 5.41) is 7.05. The van der Waals surface area contributed by atoms with Crippen molar-refractivity contribution < 1.29 is 9.53 Å². The summed E-state index contributed by atoms with van der Waals surface area (Å²) < 4.78 is 5.46. The highest BCUT2D eigenvalue weighted by atomic mass is 35.5. The van der Waals surface area contributed by atoms with Crippen LogP contribution in [0.1, 0.15) is 44.6 Å². The Kier molecular flexibility index (Phi) is 6.66. The smallest absolute Gasteiger partial charge is 0.226 e. The van der Waals surface area contributed by atoms with Crippen molar-refractivity contribution in [2.45, 2.75) is 45.6 Å². The van der Waals surface area contributed by atoms with Gasteiger partial charge in [0, 0.05) is 30.7 Å². The number of nitrogens with one attached hydrogen (secondary N) is 3. The topological polar surface area (TPSA) is 82.3 Å². The van der Waals surface area contributed by atoms with Gasteiger partial charge in [0.15, 0.2) is 0 Å². The van der Waals surface area contributed by atoms with Crippen LogP contribution >= 0.6 is 11.6 Å². The normalized spacial score (nSPS) is 18.1. The van der Waals surface area contributed by atoms with Crippen LogP contribution in [0.3, 0.4) is 0 Å². The summed E-state index contributed by atoms with van der Waals surface area (Å²) >= 11 is 6.47. The van der Waals surface area contributed by atoms with E-state index in [0.29, 0.717) is 17.5 Å². The zero-order valence-electron chi connectivity index (χ0n) is 19.6. The van der Waals surface area contributed by atoms with Crippen LogP contribution in [-0.4, -0.2) is 42.2 Å². The van der Waals surface area contributed by atoms with Crippen LogP contribution in [0.4, 0.5) is 17.3 Å². The Labute approximate surface area is 205 Å². The lowest BCUT2D eigenvalue weighted by Gasteiger charge is -2.32. The second-order valence-electron chi connectivity index (χ2n) is 9.63. The Morgan fingerprint density at radius 3 is 2.74 bits per heavy atom. The van der Waals surface area contributed by atoms with E-state index in [0.717, 1.165) is 80.0 Å². The molecule has 5 rings (SSSR count). The highest BCUT2D eigenvalue weighted by Crippen LogP contribution is 2.36. The molecule has 1 amide bonds. The van der Waals surface area contributed by atoms with E-state index in [-0.39, 0.29) is 11.3 Å². The van der Waals surface area contributed by atoms with Gasteiger partial charge in [-0.2, -0.15) is 0 Å². The summed E-state index contributed by atoms with van der Waals surface area (Å²) in [5.74, 6) is 0.775. The molecule has 7 nitrogen and oxygen atoms in total. The van der Waals surface area contributed by atoms with Crippen LogP contribution in [0.25, 0.3) is 11.0 Å². The average molecular weight is 482 g/mol. The Bertz CT molecular complexity index is 1170. The van der Waals surface area contributed by atoms with Crippen LogP contribution in [0.15, 0.2) is 36.4 Å². The minimum absolute atomic E-state index is 0.144. The number of hydrogen-bond donors (Lipinski definition) is 3. The molecule has 8 heteroatoms. The van der Waals surface area contributed by atoms with Gasteiger partial charge >= 0.3 is 0 Å². The molecule has 3 aromatic rings. The molecule has 1 aromatic heterocycles. The minimum atomic E-state index is -0.250. The van der Waals surface area contributed by atoms with Crippen molar-refractivity contribution in [2.75, 3.05) is 36.5 Å². The van der Waals surface area contributed by atoms with E-state index < -0.39 is 0 Å². The van der Waals surface area contributed by atoms with Gasteiger partial charge in [0.1, 0.15) is 0 Å². The number of H-pyrrole nitrogens is 1. The molecule has 2 aliphatic rings. The molecule has 3 N–H and O–H groups in total. The van der Waals surface area contributed by atoms with Crippen molar-refractivity contribution in [1.29, 1.82) is 0 Å². The number of benzene rings is 2. The first kappa shape index (κ1) is 23.0. The van der Waals surface area contributed by atoms with Gasteiger partial charge in [-0.05, 0) is 48.7 Å². The van der Waals surface area contributed by atoms with Crippen molar-refractivity contribution in [1.82, 2.24) is 15.3 Å². The Hall–Kier alpha value is -2.77. The van der Waals surface area contributed by atoms with Crippen LogP contribution in [0.2, 0.25) is 5.02 Å². The van der Waals surface area contributed by atoms with Gasteiger partial charge in [-0.3, -0.25) is 4.79 Å². The number of aromatic nitrogens is 2. The number of carbonyl (C=O) groups is 1. The number of halogens is 1. The van der Waals surface area contributed by atoms with Gasteiger partial charge in [0.2, 0.25) is 11.9 Å². The molecule has 0 radical (unpaired) electrons. The van der Waals surface area contributed by atoms with E-state index in [2.05, 4.69) is 44.6 Å². The van der Waals surface area contributed by atoms with Gasteiger partial charge in [-0.1, -0.05) is 43.9 Å². The van der Waals surface area contributed by atoms with Crippen molar-refractivity contribution in [2.24, 2.45) is 5.41 Å². The van der Waals surface area contributed by atoms with Gasteiger partial charge in [0.25, 0.3) is 0 Å². The summed E-state index contributed by atoms with van der Waals surface area (Å²) in [7, 11) is 0. The lowest BCUT2D eigenvalue weighted by Crippen LogP contribution is -2.39. The van der Waals surface area contributed by atoms with Gasteiger partial charge in [-0.15, -0.1) is 0 Å². The summed E-state index contributed by atoms with van der Waals surface area (Å²) in [6.07, 6.45) is 5.41. The fourth-order valence-electron chi connectivity index (χ4n) is 4.94. The highest BCUT2D eigenvalue weighted by molar-refractivity contribution is 6.33. The summed E-state index contributed by atoms with van der Waals surface area (Å²) in [6, 6.07) is 12.0. The average Bonchev–Trinajstić information content (AvgIpc) is 3.27. The van der Waals surface area contributed by atoms with Crippen LogP contribution in [0, 0.1) is 5.41 Å². The van der Waals surface area contributed by atoms with Crippen LogP contribution < -0.4 is 15.5 Å². The maximum Gasteiger partial charge on any atom is 0.226 e. The van der Waals surface area contributed by atoms with Gasteiger partial charge < -0.3 is 25.3 Å². The molecular formula is C26H32ClN5O2. The van der Waals surface area contributed by atoms with Crippen molar-refractivity contribution in [3.05, 3.63) is 47.0 Å². The molecule has 1 aliphatic carbocycles. The molecule has 2 aromatic carbocycles. The fourth-order valence-corrected chi connectivity index (χ4v) is 5.10. The molecule has 0 unspecified atom stereocenters. The second-order valence-corrected chi connectivity index (χ2v) is 10.0. The van der Waals surface area contributed by atoms with E-state index in [1.165, 1.54) is 6.42 Å².